The van der Waals surface area contributed by atoms with Gasteiger partial charge in [-0.05, 0) is 24.3 Å². The molecular formula is C16H19NO2S2. The van der Waals surface area contributed by atoms with Crippen molar-refractivity contribution in [3.05, 3.63) is 41.5 Å². The number of aromatic nitrogens is 1. The van der Waals surface area contributed by atoms with Crippen LogP contribution in [-0.4, -0.2) is 28.2 Å². The summed E-state index contributed by atoms with van der Waals surface area (Å²) >= 11 is 1.65. The van der Waals surface area contributed by atoms with Gasteiger partial charge < -0.3 is 4.74 Å². The Kier molecular flexibility index (Phi) is 5.17. The molecule has 2 aromatic rings. The van der Waals surface area contributed by atoms with Gasteiger partial charge in [0, 0.05) is 36.0 Å². The normalized spacial score (nSPS) is 17.7. The summed E-state index contributed by atoms with van der Waals surface area (Å²) < 4.78 is 17.6. The lowest BCUT2D eigenvalue weighted by atomic mass is 10.0. The maximum absolute atomic E-state index is 12.3. The Morgan fingerprint density at radius 2 is 2.00 bits per heavy atom. The summed E-state index contributed by atoms with van der Waals surface area (Å²) in [4.78, 5) is 5.57. The number of hydrogen-bond acceptors (Lipinski definition) is 4. The molecule has 21 heavy (non-hydrogen) atoms. The number of benzene rings is 1. The van der Waals surface area contributed by atoms with Gasteiger partial charge in [-0.15, -0.1) is 11.3 Å². The third kappa shape index (κ3) is 4.22. The zero-order valence-corrected chi connectivity index (χ0v) is 13.5. The summed E-state index contributed by atoms with van der Waals surface area (Å²) in [7, 11) is -0.819. The lowest BCUT2D eigenvalue weighted by molar-refractivity contribution is 0.0725. The molecule has 0 radical (unpaired) electrons. The van der Waals surface area contributed by atoms with Crippen LogP contribution in [0.15, 0.2) is 36.5 Å². The molecule has 1 saturated heterocycles. The molecule has 0 saturated carbocycles. The monoisotopic (exact) mass is 321 g/mol. The zero-order chi connectivity index (χ0) is 14.5. The Morgan fingerprint density at radius 1 is 1.24 bits per heavy atom. The average molecular weight is 321 g/mol. The Bertz CT molecular complexity index is 591. The van der Waals surface area contributed by atoms with Crippen molar-refractivity contribution in [2.75, 3.05) is 19.0 Å². The first-order chi connectivity index (χ1) is 10.3. The molecule has 1 aromatic heterocycles. The second kappa shape index (κ2) is 7.29. The SMILES string of the molecule is O=[S@](Cc1ncc(-c2ccccc2)s1)CC1CCOCC1. The molecule has 0 N–H and O–H groups in total. The lowest BCUT2D eigenvalue weighted by Crippen LogP contribution is -2.21. The molecule has 3 rings (SSSR count). The number of ether oxygens (including phenoxy) is 1. The molecule has 0 amide bonds. The second-order valence-electron chi connectivity index (χ2n) is 5.29. The van der Waals surface area contributed by atoms with Gasteiger partial charge in [-0.25, -0.2) is 4.98 Å². The van der Waals surface area contributed by atoms with Crippen molar-refractivity contribution in [3.8, 4) is 10.4 Å². The molecule has 1 atom stereocenters. The molecule has 0 bridgehead atoms. The fourth-order valence-electron chi connectivity index (χ4n) is 2.49. The van der Waals surface area contributed by atoms with Gasteiger partial charge in [0.2, 0.25) is 0 Å². The Morgan fingerprint density at radius 3 is 2.76 bits per heavy atom. The van der Waals surface area contributed by atoms with Gasteiger partial charge in [0.25, 0.3) is 0 Å². The van der Waals surface area contributed by atoms with Crippen LogP contribution in [0.3, 0.4) is 0 Å². The van der Waals surface area contributed by atoms with Crippen LogP contribution in [-0.2, 0) is 21.3 Å². The molecule has 0 spiro atoms. The highest BCUT2D eigenvalue weighted by Crippen LogP contribution is 2.27. The first-order valence-electron chi connectivity index (χ1n) is 7.24. The smallest absolute Gasteiger partial charge is 0.106 e. The molecule has 1 fully saturated rings. The minimum Gasteiger partial charge on any atom is -0.381 e. The molecule has 5 heteroatoms. The summed E-state index contributed by atoms with van der Waals surface area (Å²) in [5.41, 5.74) is 1.18. The second-order valence-corrected chi connectivity index (χ2v) is 7.91. The van der Waals surface area contributed by atoms with E-state index in [0.717, 1.165) is 41.7 Å². The highest BCUT2D eigenvalue weighted by atomic mass is 32.2. The summed E-state index contributed by atoms with van der Waals surface area (Å²) in [5.74, 6) is 1.91. The number of hydrogen-bond donors (Lipinski definition) is 0. The van der Waals surface area contributed by atoms with E-state index in [1.807, 2.05) is 24.4 Å². The van der Waals surface area contributed by atoms with Crippen molar-refractivity contribution in [2.45, 2.75) is 18.6 Å². The third-order valence-electron chi connectivity index (χ3n) is 3.66. The molecular weight excluding hydrogens is 302 g/mol. The minimum absolute atomic E-state index is 0.549. The summed E-state index contributed by atoms with van der Waals surface area (Å²) in [6, 6.07) is 10.2. The van der Waals surface area contributed by atoms with Crippen molar-refractivity contribution < 1.29 is 8.95 Å². The van der Waals surface area contributed by atoms with E-state index in [9.17, 15) is 4.21 Å². The van der Waals surface area contributed by atoms with Gasteiger partial charge in [-0.1, -0.05) is 30.3 Å². The van der Waals surface area contributed by atoms with Crippen molar-refractivity contribution in [2.24, 2.45) is 5.92 Å². The van der Waals surface area contributed by atoms with E-state index in [1.165, 1.54) is 5.56 Å². The third-order valence-corrected chi connectivity index (χ3v) is 6.33. The number of thiazole rings is 1. The lowest BCUT2D eigenvalue weighted by Gasteiger charge is -2.21. The van der Waals surface area contributed by atoms with Crippen LogP contribution in [0.4, 0.5) is 0 Å². The number of nitrogens with zero attached hydrogens (tertiary/aromatic N) is 1. The zero-order valence-electron chi connectivity index (χ0n) is 11.9. The van der Waals surface area contributed by atoms with E-state index in [-0.39, 0.29) is 0 Å². The van der Waals surface area contributed by atoms with Gasteiger partial charge in [0.05, 0.1) is 10.6 Å². The Hall–Kier alpha value is -1.04. The summed E-state index contributed by atoms with van der Waals surface area (Å²) in [6.45, 7) is 1.63. The maximum atomic E-state index is 12.3. The maximum Gasteiger partial charge on any atom is 0.106 e. The van der Waals surface area contributed by atoms with Gasteiger partial charge >= 0.3 is 0 Å². The van der Waals surface area contributed by atoms with Crippen LogP contribution in [0, 0.1) is 5.92 Å². The van der Waals surface area contributed by atoms with Gasteiger partial charge in [0.1, 0.15) is 5.01 Å². The first kappa shape index (κ1) is 14.9. The molecule has 2 heterocycles. The van der Waals surface area contributed by atoms with Crippen LogP contribution in [0.2, 0.25) is 0 Å². The van der Waals surface area contributed by atoms with Crippen molar-refractivity contribution in [1.29, 1.82) is 0 Å². The van der Waals surface area contributed by atoms with E-state index < -0.39 is 10.8 Å². The fraction of sp³-hybridized carbons (Fsp3) is 0.438. The highest BCUT2D eigenvalue weighted by molar-refractivity contribution is 7.84. The molecule has 0 unspecified atom stereocenters. The number of rotatable bonds is 5. The highest BCUT2D eigenvalue weighted by Gasteiger charge is 2.17. The van der Waals surface area contributed by atoms with Crippen molar-refractivity contribution >= 4 is 22.1 Å². The van der Waals surface area contributed by atoms with Crippen LogP contribution in [0.25, 0.3) is 10.4 Å². The van der Waals surface area contributed by atoms with Crippen LogP contribution >= 0.6 is 11.3 Å². The Balaban J connectivity index is 1.58. The molecule has 1 aromatic carbocycles. The van der Waals surface area contributed by atoms with Gasteiger partial charge in [-0.2, -0.15) is 0 Å². The molecule has 0 aliphatic carbocycles. The average Bonchev–Trinajstić information content (AvgIpc) is 2.97. The van der Waals surface area contributed by atoms with Crippen LogP contribution in [0.1, 0.15) is 17.8 Å². The van der Waals surface area contributed by atoms with Crippen LogP contribution < -0.4 is 0 Å². The predicted octanol–water partition coefficient (Wildman–Crippen LogP) is 3.49. The summed E-state index contributed by atoms with van der Waals surface area (Å²) in [5, 5.41) is 0.972. The topological polar surface area (TPSA) is 39.2 Å². The van der Waals surface area contributed by atoms with Gasteiger partial charge in [-0.3, -0.25) is 4.21 Å². The molecule has 1 aliphatic heterocycles. The largest absolute Gasteiger partial charge is 0.381 e. The molecule has 3 nitrogen and oxygen atoms in total. The van der Waals surface area contributed by atoms with Gasteiger partial charge in [0.15, 0.2) is 0 Å². The Labute approximate surface area is 131 Å². The predicted molar refractivity (Wildman–Crippen MR) is 87.8 cm³/mol. The van der Waals surface area contributed by atoms with E-state index in [1.54, 1.807) is 11.3 Å². The van der Waals surface area contributed by atoms with Crippen molar-refractivity contribution in [1.82, 2.24) is 4.98 Å². The van der Waals surface area contributed by atoms with Crippen LogP contribution in [0.5, 0.6) is 0 Å². The minimum atomic E-state index is -0.819. The molecule has 1 aliphatic rings. The summed E-state index contributed by atoms with van der Waals surface area (Å²) in [6.07, 6.45) is 3.97. The molecule has 112 valence electrons. The standard InChI is InChI=1S/C16H19NO2S2/c18-21(11-13-6-8-19-9-7-13)12-16-17-10-15(20-16)14-4-2-1-3-5-14/h1-5,10,13H,6-9,11-12H2/t21-/m0/s1. The quantitative estimate of drug-likeness (QED) is 0.846. The fourth-order valence-corrected chi connectivity index (χ4v) is 5.16. The van der Waals surface area contributed by atoms with Crippen molar-refractivity contribution in [3.63, 3.8) is 0 Å². The van der Waals surface area contributed by atoms with E-state index in [0.29, 0.717) is 11.7 Å². The van der Waals surface area contributed by atoms with E-state index >= 15 is 0 Å². The van der Waals surface area contributed by atoms with E-state index in [4.69, 9.17) is 4.74 Å². The van der Waals surface area contributed by atoms with E-state index in [2.05, 4.69) is 17.1 Å². The first-order valence-corrected chi connectivity index (χ1v) is 9.54.